The number of hydrogen-bond donors (Lipinski definition) is 0. The molecule has 0 N–H and O–H groups in total. The van der Waals surface area contributed by atoms with E-state index in [9.17, 15) is 0 Å². The molecular formula is C53H46N4O2. The molecule has 59 heavy (non-hydrogen) atoms. The summed E-state index contributed by atoms with van der Waals surface area (Å²) in [6.07, 6.45) is 0. The molecule has 6 nitrogen and oxygen atoms in total. The number of pyridine rings is 2. The first-order valence-electron chi connectivity index (χ1n) is 20.6. The predicted octanol–water partition coefficient (Wildman–Crippen LogP) is 12.0. The summed E-state index contributed by atoms with van der Waals surface area (Å²) in [5.74, 6) is 1.18. The Balaban J connectivity index is 1.09. The summed E-state index contributed by atoms with van der Waals surface area (Å²) in [7, 11) is 0. The molecule has 0 amide bonds. The van der Waals surface area contributed by atoms with Crippen LogP contribution in [0.15, 0.2) is 143 Å². The molecule has 4 heterocycles. The highest BCUT2D eigenvalue weighted by Gasteiger charge is 2.53. The number of ether oxygens (including phenoxy) is 2. The highest BCUT2D eigenvalue weighted by atomic mass is 16.5. The summed E-state index contributed by atoms with van der Waals surface area (Å²) >= 11 is 0. The summed E-state index contributed by atoms with van der Waals surface area (Å²) in [5.41, 5.74) is 13.4. The summed E-state index contributed by atoms with van der Waals surface area (Å²) in [6.45, 7) is 16.8. The van der Waals surface area contributed by atoms with Crippen molar-refractivity contribution >= 4 is 22.6 Å². The summed E-state index contributed by atoms with van der Waals surface area (Å²) in [6, 6.07) is 48.5. The minimum Gasteiger partial charge on any atom is -0.468 e. The first-order valence-corrected chi connectivity index (χ1v) is 20.6. The Bertz CT molecular complexity index is 2980. The van der Waals surface area contributed by atoms with Crippen LogP contribution in [-0.2, 0) is 14.9 Å². The van der Waals surface area contributed by atoms with E-state index in [1.807, 2.05) is 18.2 Å². The first-order chi connectivity index (χ1) is 28.2. The predicted molar refractivity (Wildman–Crippen MR) is 238 cm³/mol. The van der Waals surface area contributed by atoms with Crippen LogP contribution in [0.25, 0.3) is 55.5 Å². The van der Waals surface area contributed by atoms with Gasteiger partial charge < -0.3 is 9.47 Å². The summed E-state index contributed by atoms with van der Waals surface area (Å²) in [5, 5.41) is 2.39. The van der Waals surface area contributed by atoms with Crippen molar-refractivity contribution in [3.63, 3.8) is 0 Å². The second-order valence-corrected chi connectivity index (χ2v) is 18.5. The maximum Gasteiger partial charge on any atom is 0.236 e. The van der Waals surface area contributed by atoms with Gasteiger partial charge in [-0.1, -0.05) is 97.1 Å². The van der Waals surface area contributed by atoms with Crippen LogP contribution < -0.4 is 0 Å². The van der Waals surface area contributed by atoms with Crippen molar-refractivity contribution in [2.24, 2.45) is 9.98 Å². The molecular weight excluding hydrogens is 725 g/mol. The van der Waals surface area contributed by atoms with Crippen molar-refractivity contribution in [1.82, 2.24) is 9.97 Å². The Hall–Kier alpha value is -6.40. The van der Waals surface area contributed by atoms with Gasteiger partial charge in [0.2, 0.25) is 11.8 Å². The van der Waals surface area contributed by atoms with Crippen molar-refractivity contribution < 1.29 is 9.47 Å². The number of aliphatic imine (C=N–C) groups is 2. The lowest BCUT2D eigenvalue weighted by atomic mass is 9.69. The van der Waals surface area contributed by atoms with Gasteiger partial charge in [0.15, 0.2) is 0 Å². The maximum absolute atomic E-state index is 6.41. The molecule has 0 fully saturated rings. The van der Waals surface area contributed by atoms with Crippen molar-refractivity contribution in [2.45, 2.75) is 83.1 Å². The Kier molecular flexibility index (Phi) is 7.18. The van der Waals surface area contributed by atoms with E-state index in [0.717, 1.165) is 39.3 Å². The van der Waals surface area contributed by atoms with Crippen molar-refractivity contribution in [3.8, 4) is 44.8 Å². The van der Waals surface area contributed by atoms with Crippen molar-refractivity contribution in [2.75, 3.05) is 0 Å². The third kappa shape index (κ3) is 4.92. The smallest absolute Gasteiger partial charge is 0.236 e. The molecule has 6 heteroatoms. The number of hydrogen-bond acceptors (Lipinski definition) is 6. The Morgan fingerprint density at radius 2 is 0.881 bits per heavy atom. The van der Waals surface area contributed by atoms with Crippen LogP contribution in [0.4, 0.5) is 0 Å². The maximum atomic E-state index is 6.41. The lowest BCUT2D eigenvalue weighted by molar-refractivity contribution is 0.0616. The van der Waals surface area contributed by atoms with Crippen LogP contribution in [0.2, 0.25) is 0 Å². The van der Waals surface area contributed by atoms with E-state index in [4.69, 9.17) is 29.4 Å². The van der Waals surface area contributed by atoms with Crippen LogP contribution in [0, 0.1) is 0 Å². The number of aromatic nitrogens is 2. The van der Waals surface area contributed by atoms with Crippen molar-refractivity contribution in [3.05, 3.63) is 167 Å². The van der Waals surface area contributed by atoms with Gasteiger partial charge in [0.1, 0.15) is 22.6 Å². The zero-order valence-electron chi connectivity index (χ0n) is 34.8. The molecule has 2 aromatic heterocycles. The molecule has 0 radical (unpaired) electrons. The molecule has 0 saturated carbocycles. The second kappa shape index (κ2) is 11.8. The van der Waals surface area contributed by atoms with E-state index < -0.39 is 16.6 Å². The number of fused-ring (bicyclic) bond motifs is 12. The average molecular weight is 771 g/mol. The quantitative estimate of drug-likeness (QED) is 0.179. The highest BCUT2D eigenvalue weighted by Crippen LogP contribution is 2.64. The minimum absolute atomic E-state index is 0.357. The Labute approximate surface area is 345 Å². The lowest BCUT2D eigenvalue weighted by Crippen LogP contribution is -2.41. The fourth-order valence-electron chi connectivity index (χ4n) is 9.50. The molecule has 290 valence electrons. The molecule has 1 spiro atoms. The molecule has 2 aliphatic heterocycles. The van der Waals surface area contributed by atoms with E-state index in [0.29, 0.717) is 11.8 Å². The van der Waals surface area contributed by atoms with Gasteiger partial charge in [-0.2, -0.15) is 0 Å². The normalized spacial score (nSPS) is 19.0. The number of benzene rings is 5. The van der Waals surface area contributed by atoms with Crippen LogP contribution in [0.5, 0.6) is 0 Å². The lowest BCUT2D eigenvalue weighted by Gasteiger charge is -2.31. The summed E-state index contributed by atoms with van der Waals surface area (Å²) in [4.78, 5) is 20.2. The Morgan fingerprint density at radius 3 is 1.42 bits per heavy atom. The van der Waals surface area contributed by atoms with E-state index in [1.165, 1.54) is 49.9 Å². The van der Waals surface area contributed by atoms with E-state index >= 15 is 0 Å². The summed E-state index contributed by atoms with van der Waals surface area (Å²) < 4.78 is 12.8. The molecule has 2 aliphatic carbocycles. The zero-order chi connectivity index (χ0) is 40.7. The van der Waals surface area contributed by atoms with Gasteiger partial charge in [-0.15, -0.1) is 0 Å². The van der Waals surface area contributed by atoms with Crippen LogP contribution in [-0.4, -0.2) is 44.0 Å². The van der Waals surface area contributed by atoms with Crippen LogP contribution in [0.1, 0.15) is 89.0 Å². The van der Waals surface area contributed by atoms with Gasteiger partial charge in [0.25, 0.3) is 0 Å². The molecule has 11 rings (SSSR count). The standard InChI is InChI=1S/C53H46N4O2/c1-49(2)51(5,6)58-47(56-49)44-21-13-19-42(54-44)32-24-26-34-31(29-32)23-28-38-37-27-25-33(43-20-14-22-45(55-43)48-57-50(3,4)52(7,8)59-48)30-41(37)53(46(34)38)39-17-11-9-15-35(39)36-16-10-12-18-40(36)53/h9-30H,1-8H3. The van der Waals surface area contributed by atoms with Crippen LogP contribution >= 0.6 is 0 Å². The average Bonchev–Trinajstić information content (AvgIpc) is 3.85. The third-order valence-electron chi connectivity index (χ3n) is 14.0. The van der Waals surface area contributed by atoms with Crippen molar-refractivity contribution in [1.29, 1.82) is 0 Å². The third-order valence-corrected chi connectivity index (χ3v) is 14.0. The van der Waals surface area contributed by atoms with E-state index in [1.54, 1.807) is 0 Å². The van der Waals surface area contributed by atoms with Gasteiger partial charge in [-0.3, -0.25) is 0 Å². The van der Waals surface area contributed by atoms with Gasteiger partial charge in [0, 0.05) is 11.1 Å². The number of rotatable bonds is 4. The topological polar surface area (TPSA) is 69.0 Å². The SMILES string of the molecule is CC1(C)N=C(c2cccc(-c3ccc4c(c3)C3(c5ccccc5-c5ccccc53)c3c-4ccc4cc(-c5cccc(C6=NC(C)(C)C(C)(C)O6)n5)ccc34)n2)OC1(C)C. The van der Waals surface area contributed by atoms with E-state index in [2.05, 4.69) is 171 Å². The molecule has 7 aromatic rings. The monoisotopic (exact) mass is 770 g/mol. The van der Waals surface area contributed by atoms with Gasteiger partial charge in [0.05, 0.1) is 27.9 Å². The first kappa shape index (κ1) is 35.7. The van der Waals surface area contributed by atoms with Gasteiger partial charge in [-0.25, -0.2) is 20.0 Å². The number of nitrogens with zero attached hydrogens (tertiary/aromatic N) is 4. The van der Waals surface area contributed by atoms with Gasteiger partial charge >= 0.3 is 0 Å². The molecule has 0 atom stereocenters. The fraction of sp³-hybridized carbons (Fsp3) is 0.245. The Morgan fingerprint density at radius 1 is 0.407 bits per heavy atom. The van der Waals surface area contributed by atoms with E-state index in [-0.39, 0.29) is 11.1 Å². The molecule has 0 bridgehead atoms. The minimum atomic E-state index is -0.547. The molecule has 4 aliphatic rings. The fourth-order valence-corrected chi connectivity index (χ4v) is 9.50. The highest BCUT2D eigenvalue weighted by molar-refractivity contribution is 6.05. The molecule has 5 aromatic carbocycles. The molecule has 0 saturated heterocycles. The largest absolute Gasteiger partial charge is 0.468 e. The van der Waals surface area contributed by atoms with Crippen LogP contribution in [0.3, 0.4) is 0 Å². The van der Waals surface area contributed by atoms with Gasteiger partial charge in [-0.05, 0) is 147 Å². The second-order valence-electron chi connectivity index (χ2n) is 18.5. The molecule has 0 unspecified atom stereocenters. The zero-order valence-corrected chi connectivity index (χ0v) is 34.8.